The molecule has 1 aliphatic rings. The molecule has 0 bridgehead atoms. The van der Waals surface area contributed by atoms with Crippen LogP contribution in [0.5, 0.6) is 5.75 Å². The number of carbonyl (C=O) groups is 1. The lowest BCUT2D eigenvalue weighted by Crippen LogP contribution is -2.31. The van der Waals surface area contributed by atoms with Crippen molar-refractivity contribution in [2.75, 3.05) is 0 Å². The van der Waals surface area contributed by atoms with Crippen LogP contribution in [0.25, 0.3) is 0 Å². The number of benzene rings is 1. The molecule has 2 N–H and O–H groups in total. The molecule has 0 unspecified atom stereocenters. The predicted octanol–water partition coefficient (Wildman–Crippen LogP) is 3.90. The molecule has 3 nitrogen and oxygen atoms in total. The molecule has 1 amide bonds. The summed E-state index contributed by atoms with van der Waals surface area (Å²) in [6.07, 6.45) is 5.42. The molecule has 0 radical (unpaired) electrons. The Kier molecular flexibility index (Phi) is 4.94. The number of aromatic hydroxyl groups is 1. The molecule has 1 saturated carbocycles. The van der Waals surface area contributed by atoms with Crippen LogP contribution < -0.4 is 5.32 Å². The summed E-state index contributed by atoms with van der Waals surface area (Å²) in [5, 5.41) is 12.7. The van der Waals surface area contributed by atoms with E-state index in [-0.39, 0.29) is 22.6 Å². The fourth-order valence-corrected chi connectivity index (χ4v) is 2.82. The Hall–Kier alpha value is -0.930. The van der Waals surface area contributed by atoms with E-state index in [0.717, 1.165) is 25.7 Å². The van der Waals surface area contributed by atoms with E-state index in [9.17, 15) is 9.90 Å². The molecule has 0 saturated heterocycles. The largest absolute Gasteiger partial charge is 0.506 e. The summed E-state index contributed by atoms with van der Waals surface area (Å²) in [4.78, 5) is 12.0. The molecule has 2 rings (SSSR count). The monoisotopic (exact) mass is 301 g/mol. The zero-order chi connectivity index (χ0) is 13.8. The first-order valence-corrected chi connectivity index (χ1v) is 7.28. The van der Waals surface area contributed by atoms with Crippen molar-refractivity contribution in [2.45, 2.75) is 38.6 Å². The van der Waals surface area contributed by atoms with Crippen LogP contribution in [-0.4, -0.2) is 11.0 Å². The normalized spacial score (nSPS) is 16.3. The minimum absolute atomic E-state index is 0.0472. The van der Waals surface area contributed by atoms with Crippen LogP contribution in [0, 0.1) is 5.92 Å². The van der Waals surface area contributed by atoms with Gasteiger partial charge in [-0.3, -0.25) is 4.79 Å². The second-order valence-corrected chi connectivity index (χ2v) is 5.68. The Morgan fingerprint density at radius 2 is 1.89 bits per heavy atom. The highest BCUT2D eigenvalue weighted by Crippen LogP contribution is 2.33. The average molecular weight is 302 g/mol. The van der Waals surface area contributed by atoms with E-state index in [1.807, 2.05) is 0 Å². The standard InChI is InChI=1S/C14H17Cl2NO2/c15-12-10(6-7-11(18)13(12)16)8-17-14(19)9-4-2-1-3-5-9/h6-7,9,18H,1-5,8H2,(H,17,19). The van der Waals surface area contributed by atoms with E-state index in [4.69, 9.17) is 23.2 Å². The summed E-state index contributed by atoms with van der Waals surface area (Å²) in [5.41, 5.74) is 0.716. The van der Waals surface area contributed by atoms with Crippen molar-refractivity contribution in [3.05, 3.63) is 27.7 Å². The van der Waals surface area contributed by atoms with Crippen molar-refractivity contribution in [1.82, 2.24) is 5.32 Å². The second-order valence-electron chi connectivity index (χ2n) is 4.92. The molecule has 1 aromatic carbocycles. The lowest BCUT2D eigenvalue weighted by molar-refractivity contribution is -0.126. The van der Waals surface area contributed by atoms with Crippen molar-refractivity contribution in [3.63, 3.8) is 0 Å². The molecule has 0 atom stereocenters. The molecule has 1 aromatic rings. The molecule has 1 fully saturated rings. The van der Waals surface area contributed by atoms with Crippen LogP contribution in [0.4, 0.5) is 0 Å². The fraction of sp³-hybridized carbons (Fsp3) is 0.500. The number of carbonyl (C=O) groups excluding carboxylic acids is 1. The molecule has 0 aliphatic heterocycles. The minimum Gasteiger partial charge on any atom is -0.506 e. The predicted molar refractivity (Wildman–Crippen MR) is 76.5 cm³/mol. The summed E-state index contributed by atoms with van der Waals surface area (Å²) in [6, 6.07) is 3.15. The van der Waals surface area contributed by atoms with Crippen molar-refractivity contribution >= 4 is 29.1 Å². The zero-order valence-corrected chi connectivity index (χ0v) is 12.1. The number of hydrogen-bond donors (Lipinski definition) is 2. The van der Waals surface area contributed by atoms with Crippen LogP contribution in [0.1, 0.15) is 37.7 Å². The Bertz CT molecular complexity index is 471. The van der Waals surface area contributed by atoms with Crippen LogP contribution in [-0.2, 0) is 11.3 Å². The van der Waals surface area contributed by atoms with Gasteiger partial charge >= 0.3 is 0 Å². The van der Waals surface area contributed by atoms with Gasteiger partial charge in [0.15, 0.2) is 0 Å². The summed E-state index contributed by atoms with van der Waals surface area (Å²) in [6.45, 7) is 0.341. The highest BCUT2D eigenvalue weighted by atomic mass is 35.5. The summed E-state index contributed by atoms with van der Waals surface area (Å²) in [7, 11) is 0. The highest BCUT2D eigenvalue weighted by molar-refractivity contribution is 6.43. The topological polar surface area (TPSA) is 49.3 Å². The number of nitrogens with one attached hydrogen (secondary N) is 1. The van der Waals surface area contributed by atoms with Crippen LogP contribution in [0.15, 0.2) is 12.1 Å². The molecule has 104 valence electrons. The third-order valence-corrected chi connectivity index (χ3v) is 4.48. The fourth-order valence-electron chi connectivity index (χ4n) is 2.41. The Labute approximate surface area is 122 Å². The quantitative estimate of drug-likeness (QED) is 0.889. The maximum absolute atomic E-state index is 12.0. The number of amides is 1. The van der Waals surface area contributed by atoms with Crippen molar-refractivity contribution < 1.29 is 9.90 Å². The van der Waals surface area contributed by atoms with Crippen LogP contribution in [0.3, 0.4) is 0 Å². The summed E-state index contributed by atoms with van der Waals surface area (Å²) >= 11 is 11.9. The Morgan fingerprint density at radius 1 is 1.21 bits per heavy atom. The van der Waals surface area contributed by atoms with Gasteiger partial charge in [0, 0.05) is 12.5 Å². The Morgan fingerprint density at radius 3 is 2.58 bits per heavy atom. The third kappa shape index (κ3) is 3.54. The van der Waals surface area contributed by atoms with Crippen molar-refractivity contribution in [2.24, 2.45) is 5.92 Å². The highest BCUT2D eigenvalue weighted by Gasteiger charge is 2.21. The Balaban J connectivity index is 1.95. The molecular formula is C14H17Cl2NO2. The molecule has 19 heavy (non-hydrogen) atoms. The molecule has 0 aromatic heterocycles. The number of hydrogen-bond acceptors (Lipinski definition) is 2. The lowest BCUT2D eigenvalue weighted by Gasteiger charge is -2.21. The van der Waals surface area contributed by atoms with Gasteiger partial charge in [0.1, 0.15) is 10.8 Å². The zero-order valence-electron chi connectivity index (χ0n) is 10.6. The van der Waals surface area contributed by atoms with Gasteiger partial charge in [0.05, 0.1) is 5.02 Å². The molecule has 0 heterocycles. The summed E-state index contributed by atoms with van der Waals surface area (Å²) < 4.78 is 0. The van der Waals surface area contributed by atoms with Crippen molar-refractivity contribution in [3.8, 4) is 5.75 Å². The maximum Gasteiger partial charge on any atom is 0.223 e. The first-order valence-electron chi connectivity index (χ1n) is 6.53. The second kappa shape index (κ2) is 6.49. The molecule has 1 aliphatic carbocycles. The molecule has 5 heteroatoms. The minimum atomic E-state index is -0.0472. The van der Waals surface area contributed by atoms with Gasteiger partial charge in [-0.05, 0) is 24.5 Å². The van der Waals surface area contributed by atoms with E-state index >= 15 is 0 Å². The van der Waals surface area contributed by atoms with Gasteiger partial charge in [0.25, 0.3) is 0 Å². The lowest BCUT2D eigenvalue weighted by atomic mass is 9.88. The van der Waals surface area contributed by atoms with Gasteiger partial charge < -0.3 is 10.4 Å². The van der Waals surface area contributed by atoms with Gasteiger partial charge in [-0.15, -0.1) is 0 Å². The van der Waals surface area contributed by atoms with Gasteiger partial charge in [0.2, 0.25) is 5.91 Å². The maximum atomic E-state index is 12.0. The smallest absolute Gasteiger partial charge is 0.223 e. The van der Waals surface area contributed by atoms with E-state index in [1.165, 1.54) is 12.5 Å². The number of phenols is 1. The van der Waals surface area contributed by atoms with Crippen molar-refractivity contribution in [1.29, 1.82) is 0 Å². The van der Waals surface area contributed by atoms with Gasteiger partial charge in [-0.1, -0.05) is 48.5 Å². The van der Waals surface area contributed by atoms with E-state index in [0.29, 0.717) is 17.1 Å². The van der Waals surface area contributed by atoms with E-state index in [2.05, 4.69) is 5.32 Å². The van der Waals surface area contributed by atoms with Gasteiger partial charge in [-0.2, -0.15) is 0 Å². The van der Waals surface area contributed by atoms with Crippen LogP contribution in [0.2, 0.25) is 10.0 Å². The average Bonchev–Trinajstić information content (AvgIpc) is 2.45. The SMILES string of the molecule is O=C(NCc1ccc(O)c(Cl)c1Cl)C1CCCCC1. The van der Waals surface area contributed by atoms with E-state index in [1.54, 1.807) is 6.07 Å². The summed E-state index contributed by atoms with van der Waals surface area (Å²) in [5.74, 6) is 0.161. The van der Waals surface area contributed by atoms with E-state index < -0.39 is 0 Å². The first kappa shape index (κ1) is 14.5. The number of halogens is 2. The number of phenolic OH excluding ortho intramolecular Hbond substituents is 1. The first-order chi connectivity index (χ1) is 9.09. The molecule has 0 spiro atoms. The van der Waals surface area contributed by atoms with Crippen LogP contribution >= 0.6 is 23.2 Å². The third-order valence-electron chi connectivity index (χ3n) is 3.57. The number of rotatable bonds is 3. The molecular weight excluding hydrogens is 285 g/mol. The van der Waals surface area contributed by atoms with Gasteiger partial charge in [-0.25, -0.2) is 0 Å².